The lowest BCUT2D eigenvalue weighted by Crippen LogP contribution is -2.35. The van der Waals surface area contributed by atoms with Crippen LogP contribution >= 0.6 is 0 Å². The maximum Gasteiger partial charge on any atom is 0.416 e. The fourth-order valence-corrected chi connectivity index (χ4v) is 4.31. The van der Waals surface area contributed by atoms with Crippen LogP contribution < -0.4 is 4.90 Å². The molecule has 1 aliphatic heterocycles. The van der Waals surface area contributed by atoms with Gasteiger partial charge in [0.25, 0.3) is 0 Å². The number of alkyl halides is 6. The molecule has 0 bridgehead atoms. The Morgan fingerprint density at radius 3 is 2.16 bits per heavy atom. The number of ether oxygens (including phenoxy) is 1. The van der Waals surface area contributed by atoms with Gasteiger partial charge in [-0.3, -0.25) is 9.69 Å². The lowest BCUT2D eigenvalue weighted by molar-refractivity contribution is -0.143. The second-order valence-corrected chi connectivity index (χ2v) is 8.98. The van der Waals surface area contributed by atoms with E-state index in [1.54, 1.807) is 13.8 Å². The van der Waals surface area contributed by atoms with Gasteiger partial charge in [-0.2, -0.15) is 26.3 Å². The molecule has 1 aliphatic rings. The summed E-state index contributed by atoms with van der Waals surface area (Å²) >= 11 is 0. The zero-order valence-corrected chi connectivity index (χ0v) is 20.2. The number of anilines is 1. The highest BCUT2D eigenvalue weighted by atomic mass is 19.4. The number of hydrogen-bond acceptors (Lipinski definition) is 3. The number of amides is 2. The van der Waals surface area contributed by atoms with E-state index in [1.165, 1.54) is 17.0 Å². The molecule has 0 fully saturated rings. The van der Waals surface area contributed by atoms with E-state index in [2.05, 4.69) is 0 Å². The Bertz CT molecular complexity index is 1130. The average Bonchev–Trinajstić information content (AvgIpc) is 2.96. The van der Waals surface area contributed by atoms with Crippen molar-refractivity contribution >= 4 is 17.7 Å². The number of carbonyl (C=O) groups excluding carboxylic acids is 2. The summed E-state index contributed by atoms with van der Waals surface area (Å²) in [6.07, 6.45) is -11.0. The van der Waals surface area contributed by atoms with Gasteiger partial charge in [0.05, 0.1) is 29.0 Å². The maximum atomic E-state index is 15.2. The molecule has 2 aromatic rings. The van der Waals surface area contributed by atoms with Gasteiger partial charge in [-0.05, 0) is 62.6 Å². The quantitative estimate of drug-likeness (QED) is 0.394. The number of fused-ring (bicyclic) bond motifs is 1. The van der Waals surface area contributed by atoms with Gasteiger partial charge in [-0.1, -0.05) is 6.07 Å². The third kappa shape index (κ3) is 6.53. The van der Waals surface area contributed by atoms with E-state index in [0.717, 1.165) is 17.9 Å². The van der Waals surface area contributed by atoms with Crippen LogP contribution in [0.4, 0.5) is 41.2 Å². The molecule has 1 heterocycles. The van der Waals surface area contributed by atoms with Gasteiger partial charge >= 0.3 is 18.4 Å². The molecular weight excluding hydrogens is 509 g/mol. The normalized spacial score (nSPS) is 16.3. The van der Waals surface area contributed by atoms with E-state index in [0.29, 0.717) is 12.1 Å². The molecule has 0 saturated heterocycles. The Hall–Kier alpha value is -3.31. The second kappa shape index (κ2) is 10.6. The number of rotatable bonds is 4. The molecule has 1 unspecified atom stereocenters. The van der Waals surface area contributed by atoms with Crippen molar-refractivity contribution in [3.8, 4) is 0 Å². The van der Waals surface area contributed by atoms with Gasteiger partial charge in [0, 0.05) is 25.6 Å². The Kier molecular flexibility index (Phi) is 8.09. The van der Waals surface area contributed by atoms with Crippen molar-refractivity contribution in [3.63, 3.8) is 0 Å². The maximum absolute atomic E-state index is 15.2. The zero-order chi connectivity index (χ0) is 27.7. The molecule has 3 rings (SSSR count). The Balaban J connectivity index is 2.09. The molecule has 0 saturated carbocycles. The van der Waals surface area contributed by atoms with Gasteiger partial charge in [0.1, 0.15) is 5.82 Å². The fourth-order valence-electron chi connectivity index (χ4n) is 4.31. The van der Waals surface area contributed by atoms with Crippen molar-refractivity contribution in [2.75, 3.05) is 11.4 Å². The van der Waals surface area contributed by atoms with Crippen molar-refractivity contribution in [3.05, 3.63) is 64.5 Å². The van der Waals surface area contributed by atoms with Crippen molar-refractivity contribution < 1.29 is 45.1 Å². The molecule has 5 nitrogen and oxygen atoms in total. The van der Waals surface area contributed by atoms with Gasteiger partial charge in [0.15, 0.2) is 0 Å². The smallest absolute Gasteiger partial charge is 0.416 e. The topological polar surface area (TPSA) is 49.9 Å². The minimum Gasteiger partial charge on any atom is -0.446 e. The van der Waals surface area contributed by atoms with E-state index in [4.69, 9.17) is 4.74 Å². The Morgan fingerprint density at radius 1 is 1.05 bits per heavy atom. The summed E-state index contributed by atoms with van der Waals surface area (Å²) in [5.41, 5.74) is -3.42. The predicted octanol–water partition coefficient (Wildman–Crippen LogP) is 7.10. The van der Waals surface area contributed by atoms with Crippen LogP contribution in [0.25, 0.3) is 0 Å². The van der Waals surface area contributed by atoms with E-state index in [1.807, 2.05) is 0 Å². The Labute approximate surface area is 208 Å². The number of halogens is 7. The highest BCUT2D eigenvalue weighted by Gasteiger charge is 2.38. The zero-order valence-electron chi connectivity index (χ0n) is 20.2. The third-order valence-electron chi connectivity index (χ3n) is 5.85. The fraction of sp³-hybridized carbons (Fsp3) is 0.440. The average molecular weight is 534 g/mol. The van der Waals surface area contributed by atoms with Crippen molar-refractivity contribution in [2.45, 2.75) is 64.7 Å². The molecule has 202 valence electrons. The SMILES string of the molecule is CC(=O)N(Cc1cc(C(F)(F)F)cc(C(F)(F)F)c1)C1CCCN(C(=O)OC(C)C)c2cccc(F)c21. The first-order valence-electron chi connectivity index (χ1n) is 11.4. The highest BCUT2D eigenvalue weighted by Crippen LogP contribution is 2.41. The monoisotopic (exact) mass is 534 g/mol. The van der Waals surface area contributed by atoms with Gasteiger partial charge in [-0.25, -0.2) is 9.18 Å². The molecule has 12 heteroatoms. The number of hydrogen-bond donors (Lipinski definition) is 0. The minimum atomic E-state index is -5.06. The van der Waals surface area contributed by atoms with Crippen LogP contribution in [0.15, 0.2) is 36.4 Å². The standard InChI is InChI=1S/C25H25F7N2O3/c1-14(2)37-23(36)33-9-5-8-21(22-19(26)6-4-7-20(22)33)34(15(3)35)13-16-10-17(24(27,28)29)12-18(11-16)25(30,31)32/h4,6-7,10-12,14,21H,5,8-9,13H2,1-3H3. The van der Waals surface area contributed by atoms with Crippen LogP contribution in [-0.2, 0) is 28.4 Å². The van der Waals surface area contributed by atoms with E-state index >= 15 is 4.39 Å². The summed E-state index contributed by atoms with van der Waals surface area (Å²) in [6.45, 7) is 3.82. The van der Waals surface area contributed by atoms with Crippen LogP contribution in [0, 0.1) is 5.82 Å². The summed E-state index contributed by atoms with van der Waals surface area (Å²) in [6, 6.07) is 3.92. The summed E-state index contributed by atoms with van der Waals surface area (Å²) in [5, 5.41) is 0. The second-order valence-electron chi connectivity index (χ2n) is 8.98. The van der Waals surface area contributed by atoms with Gasteiger partial charge in [-0.15, -0.1) is 0 Å². The first-order chi connectivity index (χ1) is 17.1. The largest absolute Gasteiger partial charge is 0.446 e. The molecule has 1 atom stereocenters. The number of nitrogens with zero attached hydrogens (tertiary/aromatic N) is 2. The van der Waals surface area contributed by atoms with Crippen LogP contribution in [0.3, 0.4) is 0 Å². The molecule has 0 aromatic heterocycles. The lowest BCUT2D eigenvalue weighted by atomic mass is 9.97. The minimum absolute atomic E-state index is 0.000435. The van der Waals surface area contributed by atoms with Crippen molar-refractivity contribution in [1.82, 2.24) is 4.90 Å². The number of benzene rings is 2. The van der Waals surface area contributed by atoms with E-state index < -0.39 is 65.6 Å². The molecule has 37 heavy (non-hydrogen) atoms. The van der Waals surface area contributed by atoms with Gasteiger partial charge in [0.2, 0.25) is 5.91 Å². The molecular formula is C25H25F7N2O3. The van der Waals surface area contributed by atoms with E-state index in [9.17, 15) is 35.9 Å². The first-order valence-corrected chi connectivity index (χ1v) is 11.4. The Morgan fingerprint density at radius 2 is 1.65 bits per heavy atom. The van der Waals surface area contributed by atoms with Crippen LogP contribution in [0.5, 0.6) is 0 Å². The van der Waals surface area contributed by atoms with E-state index in [-0.39, 0.29) is 36.7 Å². The predicted molar refractivity (Wildman–Crippen MR) is 120 cm³/mol. The molecule has 0 spiro atoms. The summed E-state index contributed by atoms with van der Waals surface area (Å²) in [4.78, 5) is 27.6. The number of carbonyl (C=O) groups is 2. The van der Waals surface area contributed by atoms with Gasteiger partial charge < -0.3 is 9.64 Å². The molecule has 2 amide bonds. The third-order valence-corrected chi connectivity index (χ3v) is 5.85. The summed E-state index contributed by atoms with van der Waals surface area (Å²) in [7, 11) is 0. The molecule has 2 aromatic carbocycles. The molecule has 0 N–H and O–H groups in total. The summed E-state index contributed by atoms with van der Waals surface area (Å²) < 4.78 is 101. The highest BCUT2D eigenvalue weighted by molar-refractivity contribution is 5.89. The lowest BCUT2D eigenvalue weighted by Gasteiger charge is -2.32. The van der Waals surface area contributed by atoms with Crippen molar-refractivity contribution in [2.24, 2.45) is 0 Å². The molecule has 0 aliphatic carbocycles. The van der Waals surface area contributed by atoms with Crippen LogP contribution in [0.2, 0.25) is 0 Å². The first kappa shape index (κ1) is 28.3. The molecule has 0 radical (unpaired) electrons. The van der Waals surface area contributed by atoms with Crippen LogP contribution in [-0.4, -0.2) is 29.5 Å². The van der Waals surface area contributed by atoms with Crippen molar-refractivity contribution in [1.29, 1.82) is 0 Å². The summed E-state index contributed by atoms with van der Waals surface area (Å²) in [5.74, 6) is -1.47. The van der Waals surface area contributed by atoms with Crippen LogP contribution in [0.1, 0.15) is 61.9 Å².